The molecule has 2 aromatic heterocycles. The highest BCUT2D eigenvalue weighted by Gasteiger charge is 2.18. The van der Waals surface area contributed by atoms with Crippen LogP contribution < -0.4 is 4.74 Å². The minimum absolute atomic E-state index is 0.237. The van der Waals surface area contributed by atoms with E-state index in [1.807, 2.05) is 31.2 Å². The lowest BCUT2D eigenvalue weighted by Gasteiger charge is -2.10. The Kier molecular flexibility index (Phi) is 4.95. The Labute approximate surface area is 167 Å². The molecule has 7 heteroatoms. The first-order chi connectivity index (χ1) is 14.1. The van der Waals surface area contributed by atoms with Gasteiger partial charge >= 0.3 is 0 Å². The predicted molar refractivity (Wildman–Crippen MR) is 107 cm³/mol. The molecule has 4 aromatic rings. The van der Waals surface area contributed by atoms with Gasteiger partial charge in [0.2, 0.25) is 5.78 Å². The van der Waals surface area contributed by atoms with E-state index >= 15 is 0 Å². The van der Waals surface area contributed by atoms with Crippen molar-refractivity contribution in [3.05, 3.63) is 84.7 Å². The fourth-order valence-electron chi connectivity index (χ4n) is 3.21. The van der Waals surface area contributed by atoms with Crippen LogP contribution in [-0.4, -0.2) is 32.0 Å². The second-order valence-corrected chi connectivity index (χ2v) is 6.43. The SMILES string of the molecule is CCn1ccnc1C(=O)c1cn(-c2cccc(-c3cc(F)ccc3OC)c2)cn1. The molecule has 0 aliphatic heterocycles. The van der Waals surface area contributed by atoms with Gasteiger partial charge in [0.1, 0.15) is 23.6 Å². The summed E-state index contributed by atoms with van der Waals surface area (Å²) in [6.45, 7) is 2.60. The van der Waals surface area contributed by atoms with Crippen molar-refractivity contribution in [1.29, 1.82) is 0 Å². The van der Waals surface area contributed by atoms with Crippen LogP contribution in [0, 0.1) is 5.82 Å². The van der Waals surface area contributed by atoms with Crippen molar-refractivity contribution >= 4 is 5.78 Å². The molecule has 0 atom stereocenters. The van der Waals surface area contributed by atoms with Crippen molar-refractivity contribution in [2.24, 2.45) is 0 Å². The summed E-state index contributed by atoms with van der Waals surface area (Å²) >= 11 is 0. The number of benzene rings is 2. The number of aryl methyl sites for hydroxylation is 1. The first-order valence-corrected chi connectivity index (χ1v) is 9.15. The van der Waals surface area contributed by atoms with Gasteiger partial charge in [-0.25, -0.2) is 14.4 Å². The summed E-state index contributed by atoms with van der Waals surface area (Å²) in [6, 6.07) is 11.9. The van der Waals surface area contributed by atoms with Crippen molar-refractivity contribution < 1.29 is 13.9 Å². The van der Waals surface area contributed by atoms with E-state index in [1.54, 1.807) is 47.2 Å². The molecule has 2 aromatic carbocycles. The van der Waals surface area contributed by atoms with E-state index in [4.69, 9.17) is 4.74 Å². The first kappa shape index (κ1) is 18.6. The first-order valence-electron chi connectivity index (χ1n) is 9.15. The highest BCUT2D eigenvalue weighted by Crippen LogP contribution is 2.31. The van der Waals surface area contributed by atoms with E-state index in [9.17, 15) is 9.18 Å². The lowest BCUT2D eigenvalue weighted by Crippen LogP contribution is -2.10. The Morgan fingerprint density at radius 1 is 1.17 bits per heavy atom. The highest BCUT2D eigenvalue weighted by molar-refractivity contribution is 6.05. The van der Waals surface area contributed by atoms with Gasteiger partial charge in [0, 0.05) is 36.4 Å². The summed E-state index contributed by atoms with van der Waals surface area (Å²) in [4.78, 5) is 21.1. The van der Waals surface area contributed by atoms with E-state index in [0.29, 0.717) is 29.4 Å². The van der Waals surface area contributed by atoms with Crippen LogP contribution in [0.3, 0.4) is 0 Å². The smallest absolute Gasteiger partial charge is 0.248 e. The molecule has 0 bridgehead atoms. The zero-order chi connectivity index (χ0) is 20.4. The monoisotopic (exact) mass is 390 g/mol. The Hall–Kier alpha value is -3.74. The number of hydrogen-bond acceptors (Lipinski definition) is 4. The van der Waals surface area contributed by atoms with Crippen LogP contribution in [0.1, 0.15) is 23.2 Å². The van der Waals surface area contributed by atoms with Crippen LogP contribution in [0.4, 0.5) is 4.39 Å². The van der Waals surface area contributed by atoms with Crippen LogP contribution in [-0.2, 0) is 6.54 Å². The summed E-state index contributed by atoms with van der Waals surface area (Å²) in [5, 5.41) is 0. The molecule has 0 radical (unpaired) electrons. The number of carbonyl (C=O) groups is 1. The van der Waals surface area contributed by atoms with Crippen LogP contribution in [0.25, 0.3) is 16.8 Å². The topological polar surface area (TPSA) is 61.9 Å². The van der Waals surface area contributed by atoms with Crippen LogP contribution >= 0.6 is 0 Å². The third-order valence-corrected chi connectivity index (χ3v) is 4.69. The highest BCUT2D eigenvalue weighted by atomic mass is 19.1. The molecule has 0 saturated carbocycles. The van der Waals surface area contributed by atoms with Crippen LogP contribution in [0.5, 0.6) is 5.75 Å². The third kappa shape index (κ3) is 3.54. The number of aromatic nitrogens is 4. The van der Waals surface area contributed by atoms with Gasteiger partial charge < -0.3 is 13.9 Å². The Balaban J connectivity index is 1.68. The molecule has 4 rings (SSSR count). The molecule has 0 aliphatic carbocycles. The van der Waals surface area contributed by atoms with Crippen molar-refractivity contribution in [3.8, 4) is 22.6 Å². The summed E-state index contributed by atoms with van der Waals surface area (Å²) in [7, 11) is 1.55. The maximum Gasteiger partial charge on any atom is 0.248 e. The zero-order valence-corrected chi connectivity index (χ0v) is 16.0. The van der Waals surface area contributed by atoms with Crippen LogP contribution in [0.15, 0.2) is 67.4 Å². The Morgan fingerprint density at radius 2 is 2.03 bits per heavy atom. The standard InChI is InChI=1S/C22H19FN4O2/c1-3-26-10-9-24-22(26)21(28)19-13-27(14-25-19)17-6-4-5-15(11-17)18-12-16(23)7-8-20(18)29-2/h4-14H,3H2,1-2H3. The molecule has 0 unspecified atom stereocenters. The summed E-state index contributed by atoms with van der Waals surface area (Å²) in [6.07, 6.45) is 6.61. The van der Waals surface area contributed by atoms with E-state index in [1.165, 1.54) is 12.1 Å². The fraction of sp³-hybridized carbons (Fsp3) is 0.136. The van der Waals surface area contributed by atoms with Gasteiger partial charge in [-0.1, -0.05) is 12.1 Å². The average molecular weight is 390 g/mol. The minimum Gasteiger partial charge on any atom is -0.496 e. The molecule has 2 heterocycles. The Bertz CT molecular complexity index is 1180. The fourth-order valence-corrected chi connectivity index (χ4v) is 3.21. The molecule has 0 aliphatic rings. The predicted octanol–water partition coefficient (Wildman–Crippen LogP) is 4.13. The van der Waals surface area contributed by atoms with E-state index < -0.39 is 0 Å². The van der Waals surface area contributed by atoms with Crippen molar-refractivity contribution in [2.45, 2.75) is 13.5 Å². The third-order valence-electron chi connectivity index (χ3n) is 4.69. The van der Waals surface area contributed by atoms with Gasteiger partial charge in [0.15, 0.2) is 5.82 Å². The minimum atomic E-state index is -0.340. The van der Waals surface area contributed by atoms with E-state index in [-0.39, 0.29) is 11.6 Å². The second kappa shape index (κ2) is 7.71. The van der Waals surface area contributed by atoms with Gasteiger partial charge in [-0.3, -0.25) is 4.79 Å². The second-order valence-electron chi connectivity index (χ2n) is 6.43. The summed E-state index contributed by atoms with van der Waals surface area (Å²) < 4.78 is 22.7. The zero-order valence-electron chi connectivity index (χ0n) is 16.0. The maximum absolute atomic E-state index is 13.8. The quantitative estimate of drug-likeness (QED) is 0.465. The van der Waals surface area contributed by atoms with Gasteiger partial charge in [-0.2, -0.15) is 0 Å². The lowest BCUT2D eigenvalue weighted by molar-refractivity contribution is 0.102. The number of rotatable bonds is 6. The number of ether oxygens (including phenoxy) is 1. The number of ketones is 1. The van der Waals surface area contributed by atoms with Gasteiger partial charge in [-0.15, -0.1) is 0 Å². The molecule has 0 amide bonds. The number of nitrogens with zero attached hydrogens (tertiary/aromatic N) is 4. The van der Waals surface area contributed by atoms with Crippen LogP contribution in [0.2, 0.25) is 0 Å². The lowest BCUT2D eigenvalue weighted by atomic mass is 10.0. The molecule has 0 N–H and O–H groups in total. The number of methoxy groups -OCH3 is 1. The number of hydrogen-bond donors (Lipinski definition) is 0. The summed E-state index contributed by atoms with van der Waals surface area (Å²) in [5.41, 5.74) is 2.54. The number of carbonyl (C=O) groups excluding carboxylic acids is 1. The molecular weight excluding hydrogens is 371 g/mol. The average Bonchev–Trinajstić information content (AvgIpc) is 3.43. The van der Waals surface area contributed by atoms with Gasteiger partial charge in [0.25, 0.3) is 0 Å². The van der Waals surface area contributed by atoms with Crippen molar-refractivity contribution in [2.75, 3.05) is 7.11 Å². The molecule has 0 fully saturated rings. The maximum atomic E-state index is 13.8. The van der Waals surface area contributed by atoms with Crippen molar-refractivity contribution in [3.63, 3.8) is 0 Å². The number of imidazole rings is 2. The molecular formula is C22H19FN4O2. The number of halogens is 1. The normalized spacial score (nSPS) is 10.9. The molecule has 6 nitrogen and oxygen atoms in total. The Morgan fingerprint density at radius 3 is 2.83 bits per heavy atom. The molecule has 0 spiro atoms. The van der Waals surface area contributed by atoms with E-state index in [0.717, 1.165) is 11.3 Å². The summed E-state index contributed by atoms with van der Waals surface area (Å²) in [5.74, 6) is 0.360. The van der Waals surface area contributed by atoms with E-state index in [2.05, 4.69) is 9.97 Å². The van der Waals surface area contributed by atoms with Gasteiger partial charge in [0.05, 0.1) is 7.11 Å². The molecule has 29 heavy (non-hydrogen) atoms. The van der Waals surface area contributed by atoms with Crippen molar-refractivity contribution in [1.82, 2.24) is 19.1 Å². The largest absolute Gasteiger partial charge is 0.496 e. The molecule has 0 saturated heterocycles. The molecule has 146 valence electrons. The van der Waals surface area contributed by atoms with Gasteiger partial charge in [-0.05, 0) is 42.8 Å².